The zero-order chi connectivity index (χ0) is 23.1. The number of carbonyl (C=O) groups is 2. The third kappa shape index (κ3) is 3.36. The average Bonchev–Trinajstić information content (AvgIpc) is 3.38. The van der Waals surface area contributed by atoms with Gasteiger partial charge in [-0.15, -0.1) is 0 Å². The quantitative estimate of drug-likeness (QED) is 0.414. The monoisotopic (exact) mass is 439 g/mol. The number of hydrogen-bond acceptors (Lipinski definition) is 5. The number of amides is 1. The molecule has 1 N–H and O–H groups in total. The highest BCUT2D eigenvalue weighted by atomic mass is 16.5. The molecule has 0 spiro atoms. The molecule has 1 aliphatic rings. The Morgan fingerprint density at radius 2 is 1.76 bits per heavy atom. The maximum Gasteiger partial charge on any atom is 0.294 e. The van der Waals surface area contributed by atoms with Crippen molar-refractivity contribution in [2.45, 2.75) is 13.0 Å². The van der Waals surface area contributed by atoms with Crippen LogP contribution in [-0.4, -0.2) is 23.9 Å². The fourth-order valence-corrected chi connectivity index (χ4v) is 4.29. The molecule has 5 rings (SSSR count). The lowest BCUT2D eigenvalue weighted by Crippen LogP contribution is -2.31. The number of carbonyl (C=O) groups excluding carboxylic acids is 2. The van der Waals surface area contributed by atoms with E-state index in [0.717, 1.165) is 5.56 Å². The van der Waals surface area contributed by atoms with E-state index >= 15 is 0 Å². The van der Waals surface area contributed by atoms with Crippen LogP contribution in [0.25, 0.3) is 11.0 Å². The van der Waals surface area contributed by atoms with E-state index in [1.165, 1.54) is 12.0 Å². The summed E-state index contributed by atoms with van der Waals surface area (Å²) in [7, 11) is 1.52. The number of nitrogens with zero attached hydrogens (tertiary/aromatic N) is 1. The molecule has 1 amide bonds. The van der Waals surface area contributed by atoms with Crippen LogP contribution in [-0.2, 0) is 4.79 Å². The summed E-state index contributed by atoms with van der Waals surface area (Å²) >= 11 is 0. The van der Waals surface area contributed by atoms with Crippen LogP contribution >= 0.6 is 0 Å². The van der Waals surface area contributed by atoms with Crippen molar-refractivity contribution in [1.29, 1.82) is 0 Å². The normalized spacial score (nSPS) is 16.0. The van der Waals surface area contributed by atoms with Gasteiger partial charge in [-0.05, 0) is 36.8 Å². The minimum absolute atomic E-state index is 0.0209. The third-order valence-electron chi connectivity index (χ3n) is 5.80. The molecule has 0 fully saturated rings. The van der Waals surface area contributed by atoms with Crippen molar-refractivity contribution >= 4 is 28.3 Å². The lowest BCUT2D eigenvalue weighted by atomic mass is 9.94. The maximum atomic E-state index is 13.7. The molecule has 0 radical (unpaired) electrons. The lowest BCUT2D eigenvalue weighted by molar-refractivity contribution is -0.117. The molecule has 0 saturated carbocycles. The van der Waals surface area contributed by atoms with Gasteiger partial charge >= 0.3 is 0 Å². The lowest BCUT2D eigenvalue weighted by Gasteiger charge is -2.27. The first-order valence-electron chi connectivity index (χ1n) is 10.5. The van der Waals surface area contributed by atoms with E-state index < -0.39 is 23.5 Å². The second kappa shape index (κ2) is 7.98. The number of para-hydroxylation sites is 2. The number of hydrogen-bond donors (Lipinski definition) is 1. The Balaban J connectivity index is 1.67. The van der Waals surface area contributed by atoms with Crippen LogP contribution in [0.1, 0.15) is 27.7 Å². The van der Waals surface area contributed by atoms with Gasteiger partial charge in [0.15, 0.2) is 22.9 Å². The van der Waals surface area contributed by atoms with Crippen LogP contribution in [0.3, 0.4) is 0 Å². The van der Waals surface area contributed by atoms with Crippen molar-refractivity contribution in [3.05, 3.63) is 107 Å². The summed E-state index contributed by atoms with van der Waals surface area (Å²) in [4.78, 5) is 28.3. The van der Waals surface area contributed by atoms with Gasteiger partial charge in [-0.1, -0.05) is 60.2 Å². The highest BCUT2D eigenvalue weighted by Crippen LogP contribution is 2.42. The van der Waals surface area contributed by atoms with Gasteiger partial charge in [0.2, 0.25) is 5.78 Å². The summed E-state index contributed by atoms with van der Waals surface area (Å²) in [5.41, 5.74) is 2.68. The van der Waals surface area contributed by atoms with E-state index in [0.29, 0.717) is 28.0 Å². The zero-order valence-electron chi connectivity index (χ0n) is 18.1. The number of aliphatic hydroxyl groups is 1. The van der Waals surface area contributed by atoms with Gasteiger partial charge in [0.25, 0.3) is 5.91 Å². The Morgan fingerprint density at radius 3 is 2.48 bits per heavy atom. The third-order valence-corrected chi connectivity index (χ3v) is 5.80. The van der Waals surface area contributed by atoms with Crippen molar-refractivity contribution in [3.63, 3.8) is 0 Å². The minimum Gasteiger partial charge on any atom is -0.503 e. The SMILES string of the molecule is COc1cccc2cc(C(=O)C3=C(O)C(=O)N(c4ccccc4)C3c3cccc(C)c3)oc12. The number of fused-ring (bicyclic) bond motifs is 1. The number of aryl methyl sites for hydroxylation is 1. The molecule has 0 bridgehead atoms. The van der Waals surface area contributed by atoms with E-state index in [1.54, 1.807) is 48.5 Å². The van der Waals surface area contributed by atoms with Gasteiger partial charge in [-0.2, -0.15) is 0 Å². The van der Waals surface area contributed by atoms with Crippen molar-refractivity contribution in [2.75, 3.05) is 12.0 Å². The summed E-state index contributed by atoms with van der Waals surface area (Å²) in [6.07, 6.45) is 0. The molecular weight excluding hydrogens is 418 g/mol. The molecule has 3 aromatic carbocycles. The van der Waals surface area contributed by atoms with Gasteiger partial charge in [0, 0.05) is 11.1 Å². The Labute approximate surface area is 190 Å². The van der Waals surface area contributed by atoms with Crippen molar-refractivity contribution < 1.29 is 23.8 Å². The van der Waals surface area contributed by atoms with Gasteiger partial charge < -0.3 is 14.3 Å². The molecule has 6 nitrogen and oxygen atoms in total. The number of benzene rings is 3. The number of anilines is 1. The molecule has 1 aliphatic heterocycles. The van der Waals surface area contributed by atoms with Crippen LogP contribution in [0.4, 0.5) is 5.69 Å². The van der Waals surface area contributed by atoms with E-state index in [-0.39, 0.29) is 11.3 Å². The Bertz CT molecular complexity index is 1420. The number of aliphatic hydroxyl groups excluding tert-OH is 1. The smallest absolute Gasteiger partial charge is 0.294 e. The molecule has 0 saturated heterocycles. The summed E-state index contributed by atoms with van der Waals surface area (Å²) < 4.78 is 11.2. The second-order valence-corrected chi connectivity index (χ2v) is 7.91. The molecule has 1 aromatic heterocycles. The predicted octanol–water partition coefficient (Wildman–Crippen LogP) is 5.53. The standard InChI is InChI=1S/C27H21NO5/c1-16-8-6-9-17(14-16)23-22(25(30)27(31)28(23)19-11-4-3-5-12-19)24(29)21-15-18-10-7-13-20(32-2)26(18)33-21/h3-15,23,30H,1-2H3. The van der Waals surface area contributed by atoms with Gasteiger partial charge in [0.05, 0.1) is 18.7 Å². The first-order valence-corrected chi connectivity index (χ1v) is 10.5. The van der Waals surface area contributed by atoms with Crippen LogP contribution in [0.5, 0.6) is 5.75 Å². The van der Waals surface area contributed by atoms with Gasteiger partial charge in [-0.3, -0.25) is 14.5 Å². The second-order valence-electron chi connectivity index (χ2n) is 7.91. The summed E-state index contributed by atoms with van der Waals surface area (Å²) in [6, 6.07) is 22.7. The predicted molar refractivity (Wildman–Crippen MR) is 125 cm³/mol. The summed E-state index contributed by atoms with van der Waals surface area (Å²) in [5.74, 6) is -1.25. The zero-order valence-corrected chi connectivity index (χ0v) is 18.1. The first kappa shape index (κ1) is 20.6. The molecule has 2 heterocycles. The largest absolute Gasteiger partial charge is 0.503 e. The fourth-order valence-electron chi connectivity index (χ4n) is 4.29. The number of ketones is 1. The van der Waals surface area contributed by atoms with E-state index in [4.69, 9.17) is 9.15 Å². The molecular formula is C27H21NO5. The molecule has 1 unspecified atom stereocenters. The van der Waals surface area contributed by atoms with Crippen molar-refractivity contribution in [3.8, 4) is 5.75 Å². The Hall–Kier alpha value is -4.32. The molecule has 1 atom stereocenters. The van der Waals surface area contributed by atoms with Crippen molar-refractivity contribution in [2.24, 2.45) is 0 Å². The number of ether oxygens (including phenoxy) is 1. The molecule has 33 heavy (non-hydrogen) atoms. The highest BCUT2D eigenvalue weighted by Gasteiger charge is 2.45. The molecule has 164 valence electrons. The van der Waals surface area contributed by atoms with E-state index in [1.807, 2.05) is 37.3 Å². The van der Waals surface area contributed by atoms with E-state index in [2.05, 4.69) is 0 Å². The Kier molecular flexibility index (Phi) is 4.98. The highest BCUT2D eigenvalue weighted by molar-refractivity contribution is 6.20. The van der Waals surface area contributed by atoms with Crippen LogP contribution in [0.2, 0.25) is 0 Å². The number of furan rings is 1. The number of rotatable bonds is 5. The van der Waals surface area contributed by atoms with Crippen LogP contribution < -0.4 is 9.64 Å². The molecule has 4 aromatic rings. The molecule has 0 aliphatic carbocycles. The summed E-state index contributed by atoms with van der Waals surface area (Å²) in [6.45, 7) is 1.93. The Morgan fingerprint density at radius 1 is 1.00 bits per heavy atom. The minimum atomic E-state index is -0.803. The average molecular weight is 439 g/mol. The first-order chi connectivity index (χ1) is 16.0. The fraction of sp³-hybridized carbons (Fsp3) is 0.111. The number of Topliss-reactive ketones (excluding diaryl/α,β-unsaturated/α-hetero) is 1. The number of methoxy groups -OCH3 is 1. The summed E-state index contributed by atoms with van der Waals surface area (Å²) in [5, 5.41) is 11.6. The maximum absolute atomic E-state index is 13.7. The van der Waals surface area contributed by atoms with Crippen LogP contribution in [0, 0.1) is 6.92 Å². The van der Waals surface area contributed by atoms with Crippen molar-refractivity contribution in [1.82, 2.24) is 0 Å². The van der Waals surface area contributed by atoms with Gasteiger partial charge in [0.1, 0.15) is 0 Å². The topological polar surface area (TPSA) is 80.0 Å². The molecule has 6 heteroatoms. The van der Waals surface area contributed by atoms with E-state index in [9.17, 15) is 14.7 Å². The van der Waals surface area contributed by atoms with Crippen LogP contribution in [0.15, 0.2) is 94.6 Å². The van der Waals surface area contributed by atoms with Gasteiger partial charge in [-0.25, -0.2) is 0 Å².